The van der Waals surface area contributed by atoms with Gasteiger partial charge in [-0.25, -0.2) is 4.79 Å². The molecule has 1 heterocycles. The van der Waals surface area contributed by atoms with Crippen LogP contribution in [-0.2, 0) is 11.2 Å². The highest BCUT2D eigenvalue weighted by Gasteiger charge is 2.22. The van der Waals surface area contributed by atoms with Crippen molar-refractivity contribution >= 4 is 23.6 Å². The quantitative estimate of drug-likeness (QED) is 0.587. The van der Waals surface area contributed by atoms with Gasteiger partial charge in [0.15, 0.2) is 17.2 Å². The number of phenols is 2. The molecular weight excluding hydrogens is 298 g/mol. The third kappa shape index (κ3) is 3.66. The number of amides is 1. The molecule has 4 N–H and O–H groups in total. The van der Waals surface area contributed by atoms with Crippen molar-refractivity contribution in [3.05, 3.63) is 35.7 Å². The fraction of sp³-hybridized carbons (Fsp3) is 0.167. The molecule has 9 heteroatoms. The molecule has 0 aliphatic heterocycles. The monoisotopic (exact) mass is 309 g/mol. The first kappa shape index (κ1) is 14.7. The second-order valence-corrected chi connectivity index (χ2v) is 4.74. The number of benzene rings is 1. The van der Waals surface area contributed by atoms with Crippen molar-refractivity contribution in [2.75, 3.05) is 0 Å². The smallest absolute Gasteiger partial charge is 0.326 e. The number of phenolic OH excluding ortho intramolecular Hbond substituents is 2. The Labute approximate surface area is 123 Å². The fourth-order valence-electron chi connectivity index (χ4n) is 1.63. The van der Waals surface area contributed by atoms with Crippen LogP contribution in [0.3, 0.4) is 0 Å². The largest absolute Gasteiger partial charge is 0.504 e. The number of rotatable bonds is 5. The minimum atomic E-state index is -1.22. The van der Waals surface area contributed by atoms with E-state index >= 15 is 0 Å². The molecule has 0 saturated carbocycles. The summed E-state index contributed by atoms with van der Waals surface area (Å²) in [5.41, 5.74) is 0.495. The molecule has 2 rings (SSSR count). The summed E-state index contributed by atoms with van der Waals surface area (Å²) in [6.45, 7) is 0. The number of aromatic nitrogens is 2. The molecule has 0 radical (unpaired) electrons. The van der Waals surface area contributed by atoms with Crippen LogP contribution in [0, 0.1) is 0 Å². The van der Waals surface area contributed by atoms with Crippen LogP contribution in [0.5, 0.6) is 11.5 Å². The Hall–Kier alpha value is -2.68. The van der Waals surface area contributed by atoms with Crippen molar-refractivity contribution in [2.24, 2.45) is 0 Å². The third-order valence-corrected chi connectivity index (χ3v) is 3.16. The first-order valence-electron chi connectivity index (χ1n) is 5.79. The first-order valence-corrected chi connectivity index (χ1v) is 6.52. The van der Waals surface area contributed by atoms with E-state index in [2.05, 4.69) is 14.1 Å². The second-order valence-electron chi connectivity index (χ2n) is 4.18. The van der Waals surface area contributed by atoms with Crippen LogP contribution in [0.2, 0.25) is 0 Å². The van der Waals surface area contributed by atoms with Gasteiger partial charge < -0.3 is 20.6 Å². The predicted octanol–water partition coefficient (Wildman–Crippen LogP) is 0.375. The minimum absolute atomic E-state index is 0.0415. The van der Waals surface area contributed by atoms with Gasteiger partial charge in [-0.05, 0) is 17.7 Å². The van der Waals surface area contributed by atoms with Crippen molar-refractivity contribution in [3.63, 3.8) is 0 Å². The summed E-state index contributed by atoms with van der Waals surface area (Å²) in [5, 5.41) is 30.1. The Balaban J connectivity index is 2.10. The van der Waals surface area contributed by atoms with Crippen LogP contribution in [0.15, 0.2) is 24.4 Å². The Bertz CT molecular complexity index is 659. The van der Waals surface area contributed by atoms with Gasteiger partial charge >= 0.3 is 5.97 Å². The normalized spacial score (nSPS) is 11.8. The van der Waals surface area contributed by atoms with E-state index in [1.165, 1.54) is 24.4 Å². The van der Waals surface area contributed by atoms with Crippen LogP contribution in [0.1, 0.15) is 16.1 Å². The molecule has 21 heavy (non-hydrogen) atoms. The van der Waals surface area contributed by atoms with Crippen LogP contribution >= 0.6 is 11.7 Å². The zero-order valence-corrected chi connectivity index (χ0v) is 11.4. The predicted molar refractivity (Wildman–Crippen MR) is 72.3 cm³/mol. The van der Waals surface area contributed by atoms with Crippen molar-refractivity contribution in [1.82, 2.24) is 14.1 Å². The first-order chi connectivity index (χ1) is 9.97. The summed E-state index contributed by atoms with van der Waals surface area (Å²) in [6, 6.07) is 2.75. The number of carboxylic acid groups (broad SMARTS) is 1. The molecule has 1 atom stereocenters. The Morgan fingerprint density at radius 1 is 1.29 bits per heavy atom. The number of hydrogen-bond acceptors (Lipinski definition) is 7. The second kappa shape index (κ2) is 6.18. The van der Waals surface area contributed by atoms with Gasteiger partial charge in [-0.3, -0.25) is 4.79 Å². The number of carboxylic acids is 1. The number of carbonyl (C=O) groups is 2. The maximum Gasteiger partial charge on any atom is 0.326 e. The fourth-order valence-corrected chi connectivity index (χ4v) is 2.04. The molecule has 0 saturated heterocycles. The Kier molecular flexibility index (Phi) is 4.33. The van der Waals surface area contributed by atoms with E-state index in [9.17, 15) is 19.8 Å². The van der Waals surface area contributed by atoms with Crippen LogP contribution in [0.4, 0.5) is 0 Å². The SMILES string of the molecule is O=C(NC(Cc1ccc(O)c(O)c1)C(=O)O)c1cnsn1. The summed E-state index contributed by atoms with van der Waals surface area (Å²) in [5.74, 6) is -2.52. The summed E-state index contributed by atoms with van der Waals surface area (Å²) in [4.78, 5) is 23.0. The summed E-state index contributed by atoms with van der Waals surface area (Å²) >= 11 is 0.842. The van der Waals surface area contributed by atoms with E-state index in [0.717, 1.165) is 11.7 Å². The van der Waals surface area contributed by atoms with E-state index < -0.39 is 17.9 Å². The zero-order valence-electron chi connectivity index (χ0n) is 10.6. The molecule has 0 aliphatic carbocycles. The lowest BCUT2D eigenvalue weighted by Gasteiger charge is -2.14. The van der Waals surface area contributed by atoms with Gasteiger partial charge in [-0.1, -0.05) is 6.07 Å². The summed E-state index contributed by atoms with van der Waals surface area (Å²) in [6.07, 6.45) is 1.19. The molecule has 110 valence electrons. The van der Waals surface area contributed by atoms with Crippen molar-refractivity contribution in [3.8, 4) is 11.5 Å². The van der Waals surface area contributed by atoms with Gasteiger partial charge in [-0.15, -0.1) is 0 Å². The highest BCUT2D eigenvalue weighted by Crippen LogP contribution is 2.25. The molecule has 0 fully saturated rings. The number of aliphatic carboxylic acids is 1. The molecule has 1 unspecified atom stereocenters. The van der Waals surface area contributed by atoms with Crippen molar-refractivity contribution in [2.45, 2.75) is 12.5 Å². The van der Waals surface area contributed by atoms with Gasteiger partial charge in [0.05, 0.1) is 17.9 Å². The van der Waals surface area contributed by atoms with E-state index in [0.29, 0.717) is 5.56 Å². The molecule has 1 aromatic carbocycles. The highest BCUT2D eigenvalue weighted by molar-refractivity contribution is 6.99. The lowest BCUT2D eigenvalue weighted by molar-refractivity contribution is -0.139. The topological polar surface area (TPSA) is 133 Å². The molecule has 0 spiro atoms. The molecule has 1 amide bonds. The van der Waals surface area contributed by atoms with Crippen LogP contribution < -0.4 is 5.32 Å². The number of hydrogen-bond donors (Lipinski definition) is 4. The number of nitrogens with zero attached hydrogens (tertiary/aromatic N) is 2. The standard InChI is InChI=1S/C12H11N3O5S/c16-9-2-1-6(4-10(9)17)3-7(12(19)20)14-11(18)8-5-13-21-15-8/h1-2,4-5,7,16-17H,3H2,(H,14,18)(H,19,20). The lowest BCUT2D eigenvalue weighted by atomic mass is 10.1. The van der Waals surface area contributed by atoms with Crippen LogP contribution in [-0.4, -0.2) is 42.0 Å². The maximum atomic E-state index is 11.8. The lowest BCUT2D eigenvalue weighted by Crippen LogP contribution is -2.42. The van der Waals surface area contributed by atoms with Gasteiger partial charge in [0.2, 0.25) is 0 Å². The summed E-state index contributed by atoms with van der Waals surface area (Å²) < 4.78 is 7.38. The maximum absolute atomic E-state index is 11.8. The number of carbonyl (C=O) groups excluding carboxylic acids is 1. The van der Waals surface area contributed by atoms with E-state index in [1.807, 2.05) is 0 Å². The highest BCUT2D eigenvalue weighted by atomic mass is 32.1. The minimum Gasteiger partial charge on any atom is -0.504 e. The third-order valence-electron chi connectivity index (χ3n) is 2.68. The summed E-state index contributed by atoms with van der Waals surface area (Å²) in [7, 11) is 0. The van der Waals surface area contributed by atoms with Crippen molar-refractivity contribution in [1.29, 1.82) is 0 Å². The van der Waals surface area contributed by atoms with E-state index in [4.69, 9.17) is 5.11 Å². The zero-order chi connectivity index (χ0) is 15.4. The van der Waals surface area contributed by atoms with E-state index in [-0.39, 0.29) is 23.6 Å². The van der Waals surface area contributed by atoms with Crippen LogP contribution in [0.25, 0.3) is 0 Å². The van der Waals surface area contributed by atoms with Gasteiger partial charge in [-0.2, -0.15) is 8.75 Å². The van der Waals surface area contributed by atoms with Gasteiger partial charge in [0, 0.05) is 6.42 Å². The molecule has 0 aliphatic rings. The molecule has 2 aromatic rings. The van der Waals surface area contributed by atoms with Gasteiger partial charge in [0.1, 0.15) is 6.04 Å². The number of nitrogens with one attached hydrogen (secondary N) is 1. The Morgan fingerprint density at radius 2 is 2.05 bits per heavy atom. The van der Waals surface area contributed by atoms with E-state index in [1.54, 1.807) is 0 Å². The Morgan fingerprint density at radius 3 is 2.62 bits per heavy atom. The number of aromatic hydroxyl groups is 2. The molecule has 1 aromatic heterocycles. The van der Waals surface area contributed by atoms with Crippen molar-refractivity contribution < 1.29 is 24.9 Å². The average Bonchev–Trinajstić information content (AvgIpc) is 2.96. The molecule has 0 bridgehead atoms. The molecule has 8 nitrogen and oxygen atoms in total. The molecular formula is C12H11N3O5S. The van der Waals surface area contributed by atoms with Gasteiger partial charge in [0.25, 0.3) is 5.91 Å². The average molecular weight is 309 g/mol.